The molecule has 0 amide bonds. The Morgan fingerprint density at radius 3 is 2.50 bits per heavy atom. The largest absolute Gasteiger partial charge is 0.394 e. The van der Waals surface area contributed by atoms with Crippen LogP contribution in [0.3, 0.4) is 0 Å². The number of halogens is 1. The molecule has 1 heterocycles. The fraction of sp³-hybridized carbons (Fsp3) is 0.450. The minimum Gasteiger partial charge on any atom is -0.394 e. The lowest BCUT2D eigenvalue weighted by Crippen LogP contribution is -2.35. The van der Waals surface area contributed by atoms with Crippen LogP contribution in [0.25, 0.3) is 0 Å². The summed E-state index contributed by atoms with van der Waals surface area (Å²) >= 11 is 0. The smallest absolute Gasteiger partial charge is 0.252 e. The Labute approximate surface area is 175 Å². The molecule has 0 spiro atoms. The number of aryl methyl sites for hydroxylation is 1. The molecular formula is C20H28FN3O5S. The van der Waals surface area contributed by atoms with E-state index in [0.29, 0.717) is 12.8 Å². The van der Waals surface area contributed by atoms with Crippen LogP contribution in [-0.4, -0.2) is 40.7 Å². The summed E-state index contributed by atoms with van der Waals surface area (Å²) in [6, 6.07) is 1.15. The summed E-state index contributed by atoms with van der Waals surface area (Å²) in [7, 11) is -2.51. The molecule has 1 saturated carbocycles. The fourth-order valence-electron chi connectivity index (χ4n) is 2.88. The third-order valence-corrected chi connectivity index (χ3v) is 7.02. The number of rotatable bonds is 10. The molecule has 1 atom stereocenters. The summed E-state index contributed by atoms with van der Waals surface area (Å²) in [4.78, 5) is 12.1. The molecular weight excluding hydrogens is 413 g/mol. The lowest BCUT2D eigenvalue weighted by molar-refractivity contribution is 0.0858. The van der Waals surface area contributed by atoms with Gasteiger partial charge in [0.25, 0.3) is 5.56 Å². The average molecular weight is 442 g/mol. The van der Waals surface area contributed by atoms with Gasteiger partial charge in [-0.3, -0.25) is 9.52 Å². The first-order valence-corrected chi connectivity index (χ1v) is 10.9. The zero-order valence-electron chi connectivity index (χ0n) is 17.3. The van der Waals surface area contributed by atoms with Gasteiger partial charge in [-0.05, 0) is 39.2 Å². The van der Waals surface area contributed by atoms with Crippen molar-refractivity contribution in [3.8, 4) is 0 Å². The van der Waals surface area contributed by atoms with Crippen LogP contribution in [0.15, 0.2) is 52.9 Å². The first kappa shape index (κ1) is 23.8. The van der Waals surface area contributed by atoms with E-state index in [9.17, 15) is 22.7 Å². The Morgan fingerprint density at radius 1 is 1.37 bits per heavy atom. The second kappa shape index (κ2) is 9.15. The molecule has 0 saturated heterocycles. The Hall–Kier alpha value is -2.43. The number of hydrogen-bond donors (Lipinski definition) is 4. The predicted molar refractivity (Wildman–Crippen MR) is 115 cm³/mol. The number of hydrogen-bond acceptors (Lipinski definition) is 6. The molecule has 8 nitrogen and oxygen atoms in total. The van der Waals surface area contributed by atoms with E-state index in [4.69, 9.17) is 5.11 Å². The molecule has 1 fully saturated rings. The van der Waals surface area contributed by atoms with Crippen LogP contribution in [0.5, 0.6) is 0 Å². The van der Waals surface area contributed by atoms with Gasteiger partial charge in [0, 0.05) is 19.3 Å². The van der Waals surface area contributed by atoms with Gasteiger partial charge in [0.15, 0.2) is 0 Å². The van der Waals surface area contributed by atoms with Crippen molar-refractivity contribution in [2.24, 2.45) is 7.05 Å². The van der Waals surface area contributed by atoms with Crippen molar-refractivity contribution in [2.45, 2.75) is 44.0 Å². The molecule has 1 aromatic rings. The molecule has 30 heavy (non-hydrogen) atoms. The van der Waals surface area contributed by atoms with Crippen LogP contribution < -0.4 is 15.6 Å². The molecule has 1 aromatic heterocycles. The maximum absolute atomic E-state index is 13.9. The fourth-order valence-corrected chi connectivity index (χ4v) is 4.60. The number of aromatic nitrogens is 1. The molecule has 0 radical (unpaired) electrons. The summed E-state index contributed by atoms with van der Waals surface area (Å²) in [5.74, 6) is -0.785. The van der Waals surface area contributed by atoms with E-state index in [1.165, 1.54) is 23.9 Å². The lowest BCUT2D eigenvalue weighted by atomic mass is 10.2. The molecule has 2 rings (SSSR count). The Morgan fingerprint density at radius 2 is 2.00 bits per heavy atom. The van der Waals surface area contributed by atoms with Gasteiger partial charge in [-0.1, -0.05) is 18.2 Å². The molecule has 166 valence electrons. The third-order valence-electron chi connectivity index (χ3n) is 4.81. The van der Waals surface area contributed by atoms with E-state index in [1.54, 1.807) is 6.08 Å². The summed E-state index contributed by atoms with van der Waals surface area (Å²) in [6.07, 6.45) is 3.78. The number of pyridine rings is 1. The van der Waals surface area contributed by atoms with E-state index in [2.05, 4.69) is 16.6 Å². The summed E-state index contributed by atoms with van der Waals surface area (Å²) < 4.78 is 42.3. The highest BCUT2D eigenvalue weighted by molar-refractivity contribution is 7.94. The first-order chi connectivity index (χ1) is 13.9. The summed E-state index contributed by atoms with van der Waals surface area (Å²) in [6.45, 7) is 6.37. The highest BCUT2D eigenvalue weighted by atomic mass is 32.2. The number of aliphatic hydroxyl groups excluding tert-OH is 2. The summed E-state index contributed by atoms with van der Waals surface area (Å²) in [5.41, 5.74) is 0.558. The molecule has 4 N–H and O–H groups in total. The minimum absolute atomic E-state index is 0.0262. The number of sulfonamides is 1. The summed E-state index contributed by atoms with van der Waals surface area (Å²) in [5, 5.41) is 21.5. The van der Waals surface area contributed by atoms with Gasteiger partial charge >= 0.3 is 0 Å². The molecule has 1 unspecified atom stereocenters. The van der Waals surface area contributed by atoms with Crippen molar-refractivity contribution in [3.05, 3.63) is 58.4 Å². The monoisotopic (exact) mass is 441 g/mol. The Kier molecular flexibility index (Phi) is 7.27. The molecule has 0 aromatic carbocycles. The topological polar surface area (TPSA) is 121 Å². The van der Waals surface area contributed by atoms with Crippen LogP contribution in [0, 0.1) is 0 Å². The van der Waals surface area contributed by atoms with Crippen LogP contribution in [0.4, 0.5) is 15.8 Å². The Balaban J connectivity index is 2.43. The number of allylic oxidation sites excluding steroid dienone is 4. The zero-order valence-corrected chi connectivity index (χ0v) is 18.1. The Bertz CT molecular complexity index is 1040. The number of nitrogens with zero attached hydrogens (tertiary/aromatic N) is 1. The van der Waals surface area contributed by atoms with Crippen LogP contribution in [0.1, 0.15) is 33.1 Å². The molecule has 10 heteroatoms. The van der Waals surface area contributed by atoms with Gasteiger partial charge in [-0.15, -0.1) is 0 Å². The van der Waals surface area contributed by atoms with Crippen molar-refractivity contribution < 1.29 is 23.0 Å². The molecule has 0 bridgehead atoms. The van der Waals surface area contributed by atoms with Crippen LogP contribution in [-0.2, 0) is 17.1 Å². The second-order valence-corrected chi connectivity index (χ2v) is 9.81. The predicted octanol–water partition coefficient (Wildman–Crippen LogP) is 2.15. The maximum Gasteiger partial charge on any atom is 0.252 e. The second-order valence-electron chi connectivity index (χ2n) is 7.73. The van der Waals surface area contributed by atoms with E-state index in [1.807, 2.05) is 13.8 Å². The SMILES string of the molecule is C=C(F)/C(=C\C=C(C)C)Nc1cc(=O)n(C)cc1NS(=O)(=O)C1(CC(O)CO)CC1. The third kappa shape index (κ3) is 5.59. The maximum atomic E-state index is 13.9. The van der Waals surface area contributed by atoms with Crippen molar-refractivity contribution >= 4 is 21.4 Å². The van der Waals surface area contributed by atoms with Crippen molar-refractivity contribution in [2.75, 3.05) is 16.6 Å². The first-order valence-electron chi connectivity index (χ1n) is 9.40. The van der Waals surface area contributed by atoms with Crippen molar-refractivity contribution in [3.63, 3.8) is 0 Å². The highest BCUT2D eigenvalue weighted by Crippen LogP contribution is 2.48. The van der Waals surface area contributed by atoms with Gasteiger partial charge in [0.2, 0.25) is 10.0 Å². The van der Waals surface area contributed by atoms with Gasteiger partial charge < -0.3 is 20.1 Å². The number of nitrogens with one attached hydrogen (secondary N) is 2. The van der Waals surface area contributed by atoms with Crippen molar-refractivity contribution in [1.82, 2.24) is 4.57 Å². The van der Waals surface area contributed by atoms with E-state index in [-0.39, 0.29) is 23.5 Å². The molecule has 1 aliphatic carbocycles. The van der Waals surface area contributed by atoms with Crippen LogP contribution >= 0.6 is 0 Å². The van der Waals surface area contributed by atoms with E-state index < -0.39 is 38.9 Å². The van der Waals surface area contributed by atoms with Gasteiger partial charge in [0.05, 0.1) is 34.5 Å². The van der Waals surface area contributed by atoms with Gasteiger partial charge in [-0.25, -0.2) is 12.8 Å². The molecule has 0 aliphatic heterocycles. The quantitative estimate of drug-likeness (QED) is 0.413. The zero-order chi connectivity index (χ0) is 22.7. The normalized spacial score (nSPS) is 16.5. The number of aliphatic hydroxyl groups is 2. The number of anilines is 2. The van der Waals surface area contributed by atoms with Crippen LogP contribution in [0.2, 0.25) is 0 Å². The van der Waals surface area contributed by atoms with Gasteiger partial charge in [0.1, 0.15) is 5.83 Å². The average Bonchev–Trinajstić information content (AvgIpc) is 3.43. The van der Waals surface area contributed by atoms with Gasteiger partial charge in [-0.2, -0.15) is 0 Å². The van der Waals surface area contributed by atoms with E-state index >= 15 is 0 Å². The minimum atomic E-state index is -3.96. The standard InChI is InChI=1S/C20H28FN3O5S/c1-13(2)5-6-16(14(3)21)22-17-9-19(27)24(4)11-18(17)23-30(28,29)20(7-8-20)10-15(26)12-25/h5-6,9,11,15,22-23,25-26H,3,7-8,10,12H2,1-2,4H3/b16-6+. The highest BCUT2D eigenvalue weighted by Gasteiger charge is 2.55. The molecule has 1 aliphatic rings. The van der Waals surface area contributed by atoms with E-state index in [0.717, 1.165) is 11.6 Å². The van der Waals surface area contributed by atoms with Crippen molar-refractivity contribution in [1.29, 1.82) is 0 Å². The lowest BCUT2D eigenvalue weighted by Gasteiger charge is -2.22.